The maximum Gasteiger partial charge on any atom is 0.416 e. The van der Waals surface area contributed by atoms with Gasteiger partial charge in [0.25, 0.3) is 0 Å². The summed E-state index contributed by atoms with van der Waals surface area (Å²) in [5.41, 5.74) is 0.759. The summed E-state index contributed by atoms with van der Waals surface area (Å²) < 4.78 is 10.7. The fourth-order valence-corrected chi connectivity index (χ4v) is 2.74. The smallest absolute Gasteiger partial charge is 0.416 e. The summed E-state index contributed by atoms with van der Waals surface area (Å²) in [6.45, 7) is 2.09. The fourth-order valence-electron chi connectivity index (χ4n) is 2.74. The van der Waals surface area contributed by atoms with Crippen LogP contribution in [0.4, 0.5) is 4.79 Å². The molecule has 2 heterocycles. The van der Waals surface area contributed by atoms with Crippen LogP contribution in [0.2, 0.25) is 0 Å². The Morgan fingerprint density at radius 3 is 3.17 bits per heavy atom. The second-order valence-corrected chi connectivity index (χ2v) is 4.60. The summed E-state index contributed by atoms with van der Waals surface area (Å²) in [4.78, 5) is 25.1. The van der Waals surface area contributed by atoms with Crippen molar-refractivity contribution in [1.29, 1.82) is 0 Å². The molecule has 0 saturated carbocycles. The molecule has 0 radical (unpaired) electrons. The van der Waals surface area contributed by atoms with Crippen LogP contribution in [0.1, 0.15) is 26.2 Å². The molecule has 3 aliphatic rings. The second kappa shape index (κ2) is 4.15. The first-order chi connectivity index (χ1) is 8.72. The van der Waals surface area contributed by atoms with E-state index in [9.17, 15) is 9.59 Å². The first kappa shape index (κ1) is 11.3. The molecule has 18 heavy (non-hydrogen) atoms. The lowest BCUT2D eigenvalue weighted by Gasteiger charge is -2.22. The number of Topliss-reactive ketones (excluding diaryl/α,β-unsaturated/α-hetero) is 1. The average Bonchev–Trinajstić information content (AvgIpc) is 2.87. The molecule has 1 aliphatic carbocycles. The minimum absolute atomic E-state index is 0.114. The minimum Gasteiger partial charge on any atom is -0.473 e. The van der Waals surface area contributed by atoms with Crippen LogP contribution in [0.5, 0.6) is 0 Å². The van der Waals surface area contributed by atoms with E-state index in [1.54, 1.807) is 13.1 Å². The zero-order chi connectivity index (χ0) is 12.7. The molecular weight excluding hydrogens is 234 g/mol. The van der Waals surface area contributed by atoms with Crippen LogP contribution in [0.25, 0.3) is 0 Å². The van der Waals surface area contributed by atoms with Gasteiger partial charge in [0.05, 0.1) is 12.5 Å². The van der Waals surface area contributed by atoms with Gasteiger partial charge in [-0.05, 0) is 13.3 Å². The van der Waals surface area contributed by atoms with Crippen molar-refractivity contribution in [3.05, 3.63) is 23.6 Å². The maximum absolute atomic E-state index is 11.9. The van der Waals surface area contributed by atoms with Gasteiger partial charge in [-0.2, -0.15) is 0 Å². The van der Waals surface area contributed by atoms with Gasteiger partial charge in [-0.1, -0.05) is 6.08 Å². The van der Waals surface area contributed by atoms with Crippen molar-refractivity contribution < 1.29 is 19.1 Å². The fraction of sp³-hybridized carbons (Fsp3) is 0.538. The largest absolute Gasteiger partial charge is 0.473 e. The van der Waals surface area contributed by atoms with E-state index in [0.29, 0.717) is 13.0 Å². The van der Waals surface area contributed by atoms with E-state index in [4.69, 9.17) is 9.47 Å². The molecule has 0 unspecified atom stereocenters. The summed E-state index contributed by atoms with van der Waals surface area (Å²) in [5.74, 6) is 0.802. The molecule has 5 nitrogen and oxygen atoms in total. The van der Waals surface area contributed by atoms with Crippen molar-refractivity contribution in [2.24, 2.45) is 5.92 Å². The zero-order valence-corrected chi connectivity index (χ0v) is 10.2. The third kappa shape index (κ3) is 1.54. The maximum atomic E-state index is 11.9. The normalized spacial score (nSPS) is 29.2. The van der Waals surface area contributed by atoms with E-state index in [1.807, 2.05) is 6.08 Å². The Hall–Kier alpha value is -1.78. The molecule has 2 aliphatic heterocycles. The zero-order valence-electron chi connectivity index (χ0n) is 10.2. The van der Waals surface area contributed by atoms with Crippen LogP contribution >= 0.6 is 0 Å². The van der Waals surface area contributed by atoms with Gasteiger partial charge in [-0.25, -0.2) is 9.69 Å². The number of amides is 1. The summed E-state index contributed by atoms with van der Waals surface area (Å²) in [7, 11) is 0. The second-order valence-electron chi connectivity index (χ2n) is 4.60. The predicted octanol–water partition coefficient (Wildman–Crippen LogP) is 1.95. The Morgan fingerprint density at radius 2 is 2.39 bits per heavy atom. The van der Waals surface area contributed by atoms with Crippen molar-refractivity contribution in [1.82, 2.24) is 4.90 Å². The number of hydrogen-bond donors (Lipinski definition) is 0. The highest BCUT2D eigenvalue weighted by molar-refractivity contribution is 5.98. The van der Waals surface area contributed by atoms with Crippen molar-refractivity contribution in [2.45, 2.75) is 32.4 Å². The van der Waals surface area contributed by atoms with E-state index in [0.717, 1.165) is 24.2 Å². The average molecular weight is 249 g/mol. The van der Waals surface area contributed by atoms with E-state index >= 15 is 0 Å². The minimum atomic E-state index is -0.423. The topological polar surface area (TPSA) is 55.8 Å². The molecule has 5 heteroatoms. The standard InChI is InChI=1S/C13H15NO4/c1-2-17-13(16)14-7-6-8-11-9(15)4-3-5-10(11)18-12(8)14/h6-8,12H,2-5H2,1H3/t8-,12+/m0/s1. The van der Waals surface area contributed by atoms with Crippen molar-refractivity contribution >= 4 is 11.9 Å². The van der Waals surface area contributed by atoms with Crippen LogP contribution in [-0.4, -0.2) is 29.6 Å². The lowest BCUT2D eigenvalue weighted by Crippen LogP contribution is -2.36. The van der Waals surface area contributed by atoms with Crippen LogP contribution < -0.4 is 0 Å². The Labute approximate surface area is 105 Å². The third-order valence-electron chi connectivity index (χ3n) is 3.52. The molecule has 96 valence electrons. The first-order valence-electron chi connectivity index (χ1n) is 6.28. The van der Waals surface area contributed by atoms with Crippen LogP contribution in [0.15, 0.2) is 23.6 Å². The van der Waals surface area contributed by atoms with Gasteiger partial charge in [-0.15, -0.1) is 0 Å². The summed E-state index contributed by atoms with van der Waals surface area (Å²) in [6.07, 6.45) is 4.87. The van der Waals surface area contributed by atoms with Gasteiger partial charge >= 0.3 is 6.09 Å². The van der Waals surface area contributed by atoms with Gasteiger partial charge in [0.1, 0.15) is 5.76 Å². The number of carbonyl (C=O) groups is 2. The number of ether oxygens (including phenoxy) is 2. The van der Waals surface area contributed by atoms with Crippen molar-refractivity contribution in [3.8, 4) is 0 Å². The summed E-state index contributed by atoms with van der Waals surface area (Å²) in [5, 5.41) is 0. The molecule has 0 spiro atoms. The van der Waals surface area contributed by atoms with Crippen molar-refractivity contribution in [3.63, 3.8) is 0 Å². The quantitative estimate of drug-likeness (QED) is 0.712. The molecular formula is C13H15NO4. The lowest BCUT2D eigenvalue weighted by atomic mass is 9.89. The molecule has 0 saturated heterocycles. The molecule has 3 rings (SSSR count). The molecule has 0 aromatic heterocycles. The molecule has 0 N–H and O–H groups in total. The monoisotopic (exact) mass is 249 g/mol. The number of allylic oxidation sites excluding steroid dienone is 1. The van der Waals surface area contributed by atoms with Gasteiger partial charge in [0.2, 0.25) is 0 Å². The molecule has 2 atom stereocenters. The highest BCUT2D eigenvalue weighted by atomic mass is 16.6. The third-order valence-corrected chi connectivity index (χ3v) is 3.52. The number of hydrogen-bond acceptors (Lipinski definition) is 4. The number of fused-ring (bicyclic) bond motifs is 2. The van der Waals surface area contributed by atoms with Crippen LogP contribution in [0.3, 0.4) is 0 Å². The SMILES string of the molecule is CCOC(=O)N1C=C[C@H]2C3=C(CCCC3=O)O[C@H]21. The van der Waals surface area contributed by atoms with Gasteiger partial charge in [0, 0.05) is 24.6 Å². The molecule has 0 fully saturated rings. The Bertz CT molecular complexity index is 466. The van der Waals surface area contributed by atoms with Crippen LogP contribution in [0, 0.1) is 5.92 Å². The molecule has 0 bridgehead atoms. The number of carbonyl (C=O) groups excluding carboxylic acids is 2. The number of ketones is 1. The molecule has 1 amide bonds. The highest BCUT2D eigenvalue weighted by Gasteiger charge is 2.47. The van der Waals surface area contributed by atoms with Gasteiger partial charge in [-0.3, -0.25) is 4.79 Å². The Morgan fingerprint density at radius 1 is 1.56 bits per heavy atom. The predicted molar refractivity (Wildman–Crippen MR) is 62.2 cm³/mol. The van der Waals surface area contributed by atoms with E-state index in [1.165, 1.54) is 4.90 Å². The van der Waals surface area contributed by atoms with E-state index in [-0.39, 0.29) is 11.7 Å². The number of nitrogens with zero attached hydrogens (tertiary/aromatic N) is 1. The van der Waals surface area contributed by atoms with Gasteiger partial charge in [0.15, 0.2) is 12.0 Å². The molecule has 0 aromatic carbocycles. The lowest BCUT2D eigenvalue weighted by molar-refractivity contribution is -0.116. The molecule has 0 aromatic rings. The van der Waals surface area contributed by atoms with Gasteiger partial charge < -0.3 is 9.47 Å². The van der Waals surface area contributed by atoms with Crippen LogP contribution in [-0.2, 0) is 14.3 Å². The van der Waals surface area contributed by atoms with E-state index < -0.39 is 12.3 Å². The summed E-state index contributed by atoms with van der Waals surface area (Å²) >= 11 is 0. The van der Waals surface area contributed by atoms with Crippen molar-refractivity contribution in [2.75, 3.05) is 6.61 Å². The van der Waals surface area contributed by atoms with E-state index in [2.05, 4.69) is 0 Å². The Balaban J connectivity index is 1.82. The highest BCUT2D eigenvalue weighted by Crippen LogP contribution is 2.43. The number of rotatable bonds is 1. The Kier molecular flexibility index (Phi) is 2.61. The summed E-state index contributed by atoms with van der Waals surface area (Å²) in [6, 6.07) is 0. The first-order valence-corrected chi connectivity index (χ1v) is 6.28.